The van der Waals surface area contributed by atoms with Crippen molar-refractivity contribution in [1.82, 2.24) is 20.1 Å². The van der Waals surface area contributed by atoms with Crippen LogP contribution in [0.3, 0.4) is 0 Å². The first-order valence-corrected chi connectivity index (χ1v) is 15.6. The van der Waals surface area contributed by atoms with E-state index in [2.05, 4.69) is 15.4 Å². The molecule has 0 aliphatic carbocycles. The lowest BCUT2D eigenvalue weighted by atomic mass is 10.2. The number of para-hydroxylation sites is 1. The van der Waals surface area contributed by atoms with Gasteiger partial charge in [0.2, 0.25) is 0 Å². The zero-order valence-corrected chi connectivity index (χ0v) is 23.9. The summed E-state index contributed by atoms with van der Waals surface area (Å²) in [4.78, 5) is 19.7. The number of hydrogen-bond acceptors (Lipinski definition) is 7. The molecule has 0 radical (unpaired) electrons. The lowest BCUT2D eigenvalue weighted by molar-refractivity contribution is 0.0933. The van der Waals surface area contributed by atoms with E-state index in [-0.39, 0.29) is 22.5 Å². The zero-order valence-electron chi connectivity index (χ0n) is 20.7. The molecular weight excluding hydrogens is 560 g/mol. The molecule has 1 N–H and O–H groups in total. The predicted octanol–water partition coefficient (Wildman–Crippen LogP) is 6.58. The molecule has 3 heterocycles. The third kappa shape index (κ3) is 5.44. The summed E-state index contributed by atoms with van der Waals surface area (Å²) in [5.74, 6) is -0.326. The van der Waals surface area contributed by atoms with Crippen LogP contribution in [0, 0.1) is 6.92 Å². The van der Waals surface area contributed by atoms with Gasteiger partial charge in [0.15, 0.2) is 15.5 Å². The number of benzene rings is 2. The summed E-state index contributed by atoms with van der Waals surface area (Å²) < 4.78 is 25.8. The van der Waals surface area contributed by atoms with Gasteiger partial charge in [0, 0.05) is 16.5 Å². The SMILES string of the molecule is Cc1nc(C(C)NC(=O)c2cc(-c3ccc(-c4cccc(S(C)(=O)=O)c4)s3)n(-c3ccccc3Cl)n2)cs1. The fraction of sp³-hybridized carbons (Fsp3) is 0.148. The van der Waals surface area contributed by atoms with Gasteiger partial charge in [-0.1, -0.05) is 35.9 Å². The Hall–Kier alpha value is -3.31. The van der Waals surface area contributed by atoms with Crippen LogP contribution in [0.5, 0.6) is 0 Å². The van der Waals surface area contributed by atoms with Gasteiger partial charge < -0.3 is 5.32 Å². The van der Waals surface area contributed by atoms with Crippen molar-refractivity contribution < 1.29 is 13.2 Å². The normalized spacial score (nSPS) is 12.4. The number of hydrogen-bond donors (Lipinski definition) is 1. The average molecular weight is 583 g/mol. The van der Waals surface area contributed by atoms with Crippen LogP contribution < -0.4 is 5.32 Å². The maximum atomic E-state index is 13.2. The quantitative estimate of drug-likeness (QED) is 0.234. The molecule has 1 amide bonds. The average Bonchev–Trinajstić information content (AvgIpc) is 3.63. The third-order valence-electron chi connectivity index (χ3n) is 5.86. The number of thiazole rings is 1. The summed E-state index contributed by atoms with van der Waals surface area (Å²) in [6.07, 6.45) is 1.19. The van der Waals surface area contributed by atoms with E-state index in [0.29, 0.717) is 16.4 Å². The number of nitrogens with one attached hydrogen (secondary N) is 1. The second-order valence-electron chi connectivity index (χ2n) is 8.73. The number of aromatic nitrogens is 3. The Morgan fingerprint density at radius 3 is 2.53 bits per heavy atom. The highest BCUT2D eigenvalue weighted by atomic mass is 35.5. The van der Waals surface area contributed by atoms with Crippen molar-refractivity contribution in [3.05, 3.63) is 93.5 Å². The number of nitrogens with zero attached hydrogens (tertiary/aromatic N) is 3. The second kappa shape index (κ2) is 10.5. The highest BCUT2D eigenvalue weighted by Crippen LogP contribution is 2.37. The van der Waals surface area contributed by atoms with Crippen LogP contribution in [-0.4, -0.2) is 35.3 Å². The summed E-state index contributed by atoms with van der Waals surface area (Å²) in [5, 5.41) is 11.0. The topological polar surface area (TPSA) is 94.0 Å². The minimum Gasteiger partial charge on any atom is -0.343 e. The van der Waals surface area contributed by atoms with E-state index in [1.807, 2.05) is 55.6 Å². The van der Waals surface area contributed by atoms with Crippen molar-refractivity contribution in [3.63, 3.8) is 0 Å². The van der Waals surface area contributed by atoms with Crippen LogP contribution in [0.4, 0.5) is 0 Å². The molecule has 1 unspecified atom stereocenters. The molecule has 0 spiro atoms. The zero-order chi connectivity index (χ0) is 27.0. The van der Waals surface area contributed by atoms with Gasteiger partial charge in [-0.2, -0.15) is 5.10 Å². The lowest BCUT2D eigenvalue weighted by Gasteiger charge is -2.10. The van der Waals surface area contributed by atoms with Crippen molar-refractivity contribution in [3.8, 4) is 26.7 Å². The monoisotopic (exact) mass is 582 g/mol. The molecule has 38 heavy (non-hydrogen) atoms. The van der Waals surface area contributed by atoms with Crippen molar-refractivity contribution in [2.75, 3.05) is 6.26 Å². The molecule has 3 aromatic heterocycles. The smallest absolute Gasteiger partial charge is 0.272 e. The van der Waals surface area contributed by atoms with E-state index in [1.165, 1.54) is 28.9 Å². The van der Waals surface area contributed by atoms with Gasteiger partial charge in [0.1, 0.15) is 0 Å². The van der Waals surface area contributed by atoms with Crippen LogP contribution in [-0.2, 0) is 9.84 Å². The van der Waals surface area contributed by atoms with Gasteiger partial charge in [-0.25, -0.2) is 18.1 Å². The highest BCUT2D eigenvalue weighted by Gasteiger charge is 2.22. The van der Waals surface area contributed by atoms with Gasteiger partial charge in [-0.3, -0.25) is 4.79 Å². The third-order valence-corrected chi connectivity index (χ3v) is 9.23. The van der Waals surface area contributed by atoms with Crippen LogP contribution >= 0.6 is 34.3 Å². The molecule has 0 bridgehead atoms. The Bertz CT molecular complexity index is 1750. The van der Waals surface area contributed by atoms with E-state index >= 15 is 0 Å². The van der Waals surface area contributed by atoms with E-state index in [4.69, 9.17) is 11.6 Å². The van der Waals surface area contributed by atoms with Crippen molar-refractivity contribution >= 4 is 50.0 Å². The number of carbonyl (C=O) groups excluding carboxylic acids is 1. The molecule has 194 valence electrons. The molecular formula is C27H23ClN4O3S3. The molecule has 5 rings (SSSR count). The molecule has 0 fully saturated rings. The maximum absolute atomic E-state index is 13.2. The summed E-state index contributed by atoms with van der Waals surface area (Å²) in [6.45, 7) is 3.81. The van der Waals surface area contributed by atoms with Crippen LogP contribution in [0.1, 0.15) is 34.2 Å². The van der Waals surface area contributed by atoms with Crippen molar-refractivity contribution in [2.24, 2.45) is 0 Å². The Morgan fingerprint density at radius 1 is 1.05 bits per heavy atom. The van der Waals surface area contributed by atoms with Crippen LogP contribution in [0.15, 0.2) is 77.0 Å². The molecule has 0 saturated carbocycles. The molecule has 5 aromatic rings. The van der Waals surface area contributed by atoms with Crippen molar-refractivity contribution in [2.45, 2.75) is 24.8 Å². The van der Waals surface area contributed by atoms with Crippen LogP contribution in [0.2, 0.25) is 5.02 Å². The number of carbonyl (C=O) groups is 1. The minimum absolute atomic E-state index is 0.243. The number of rotatable bonds is 7. The molecule has 11 heteroatoms. The number of amides is 1. The maximum Gasteiger partial charge on any atom is 0.272 e. The predicted molar refractivity (Wildman–Crippen MR) is 153 cm³/mol. The largest absolute Gasteiger partial charge is 0.343 e. The second-order valence-corrected chi connectivity index (χ2v) is 13.3. The molecule has 2 aromatic carbocycles. The molecule has 7 nitrogen and oxygen atoms in total. The molecule has 0 aliphatic heterocycles. The number of aryl methyl sites for hydroxylation is 1. The number of halogens is 1. The summed E-state index contributed by atoms with van der Waals surface area (Å²) in [7, 11) is -3.33. The first-order chi connectivity index (χ1) is 18.1. The Morgan fingerprint density at radius 2 is 1.82 bits per heavy atom. The fourth-order valence-corrected chi connectivity index (χ4v) is 6.50. The Kier molecular flexibility index (Phi) is 7.23. The van der Waals surface area contributed by atoms with Gasteiger partial charge in [0.25, 0.3) is 5.91 Å². The standard InChI is InChI=1S/C27H23ClN4O3S3/c1-16(22-15-36-17(2)30-22)29-27(33)21-14-24(32(31-21)23-10-5-4-9-20(23)28)26-12-11-25(37-26)18-7-6-8-19(13-18)38(3,34)35/h4-16H,1-3H3,(H,29,33). The van der Waals surface area contributed by atoms with Gasteiger partial charge in [0.05, 0.1) is 42.9 Å². The number of thiophene rings is 1. The number of sulfone groups is 1. The highest BCUT2D eigenvalue weighted by molar-refractivity contribution is 7.90. The van der Waals surface area contributed by atoms with E-state index in [9.17, 15) is 13.2 Å². The van der Waals surface area contributed by atoms with E-state index < -0.39 is 9.84 Å². The van der Waals surface area contributed by atoms with Gasteiger partial charge in [-0.15, -0.1) is 22.7 Å². The Labute approximate surface area is 233 Å². The molecule has 0 aliphatic rings. The summed E-state index contributed by atoms with van der Waals surface area (Å²) >= 11 is 9.52. The fourth-order valence-electron chi connectivity index (χ4n) is 3.91. The minimum atomic E-state index is -3.33. The van der Waals surface area contributed by atoms with E-state index in [0.717, 1.165) is 26.0 Å². The lowest BCUT2D eigenvalue weighted by Crippen LogP contribution is -2.27. The van der Waals surface area contributed by atoms with Gasteiger partial charge >= 0.3 is 0 Å². The first-order valence-electron chi connectivity index (χ1n) is 11.6. The van der Waals surface area contributed by atoms with Crippen molar-refractivity contribution in [1.29, 1.82) is 0 Å². The van der Waals surface area contributed by atoms with E-state index in [1.54, 1.807) is 35.0 Å². The Balaban J connectivity index is 1.53. The van der Waals surface area contributed by atoms with Crippen LogP contribution in [0.25, 0.3) is 26.7 Å². The van der Waals surface area contributed by atoms with Gasteiger partial charge in [-0.05, 0) is 61.9 Å². The molecule has 1 atom stereocenters. The summed E-state index contributed by atoms with van der Waals surface area (Å²) in [5.41, 5.74) is 3.16. The summed E-state index contributed by atoms with van der Waals surface area (Å²) in [6, 6.07) is 19.5. The first kappa shape index (κ1) is 26.3. The molecule has 0 saturated heterocycles.